The van der Waals surface area contributed by atoms with Crippen molar-refractivity contribution in [1.29, 1.82) is 0 Å². The molecule has 1 aliphatic rings. The summed E-state index contributed by atoms with van der Waals surface area (Å²) in [6, 6.07) is 3.73. The van der Waals surface area contributed by atoms with E-state index in [1.165, 1.54) is 10.8 Å². The molecule has 3 aromatic heterocycles. The van der Waals surface area contributed by atoms with Gasteiger partial charge >= 0.3 is 0 Å². The van der Waals surface area contributed by atoms with Crippen LogP contribution in [0.2, 0.25) is 0 Å². The number of nitrogens with zero attached hydrogens (tertiary/aromatic N) is 6. The van der Waals surface area contributed by atoms with E-state index in [0.29, 0.717) is 24.1 Å². The van der Waals surface area contributed by atoms with Crippen LogP contribution in [-0.2, 0) is 11.3 Å². The summed E-state index contributed by atoms with van der Waals surface area (Å²) < 4.78 is 7.04. The fourth-order valence-corrected chi connectivity index (χ4v) is 2.90. The topological polar surface area (TPSA) is 85.5 Å². The quantitative estimate of drug-likeness (QED) is 0.674. The van der Waals surface area contributed by atoms with Crippen LogP contribution in [0.4, 0.5) is 0 Å². The van der Waals surface area contributed by atoms with E-state index < -0.39 is 0 Å². The Morgan fingerprint density at radius 2 is 2.35 bits per heavy atom. The minimum atomic E-state index is -0.0478. The summed E-state index contributed by atoms with van der Waals surface area (Å²) in [6.45, 7) is 0.505. The van der Waals surface area contributed by atoms with E-state index in [-0.39, 0.29) is 12.5 Å². The van der Waals surface area contributed by atoms with Crippen molar-refractivity contribution in [2.75, 3.05) is 6.61 Å². The fourth-order valence-electron chi connectivity index (χ4n) is 2.29. The van der Waals surface area contributed by atoms with Crippen molar-refractivity contribution in [3.63, 3.8) is 0 Å². The Kier molecular flexibility index (Phi) is 3.62. The third-order valence-electron chi connectivity index (χ3n) is 3.58. The van der Waals surface area contributed by atoms with Gasteiger partial charge in [0.2, 0.25) is 5.88 Å². The number of fused-ring (bicyclic) bond motifs is 1. The largest absolute Gasteiger partial charge is 0.467 e. The van der Waals surface area contributed by atoms with Gasteiger partial charge in [0, 0.05) is 23.7 Å². The highest BCUT2D eigenvalue weighted by molar-refractivity contribution is 7.09. The Balaban J connectivity index is 1.41. The SMILES string of the molecule is O=C(COc1ccc2nncn2n1)N(Cc1nccs1)C1CC1. The van der Waals surface area contributed by atoms with Crippen LogP contribution in [0.25, 0.3) is 5.65 Å². The van der Waals surface area contributed by atoms with Gasteiger partial charge in [0.15, 0.2) is 12.3 Å². The molecule has 9 heteroatoms. The van der Waals surface area contributed by atoms with Gasteiger partial charge in [-0.2, -0.15) is 4.52 Å². The molecule has 1 saturated carbocycles. The van der Waals surface area contributed by atoms with Crippen LogP contribution in [0, 0.1) is 0 Å². The Hall–Kier alpha value is -2.55. The second kappa shape index (κ2) is 5.92. The van der Waals surface area contributed by atoms with Gasteiger partial charge in [-0.25, -0.2) is 4.98 Å². The van der Waals surface area contributed by atoms with E-state index in [2.05, 4.69) is 20.3 Å². The molecule has 8 nitrogen and oxygen atoms in total. The number of thiazole rings is 1. The van der Waals surface area contributed by atoms with Crippen molar-refractivity contribution in [1.82, 2.24) is 29.7 Å². The highest BCUT2D eigenvalue weighted by atomic mass is 32.1. The van der Waals surface area contributed by atoms with Crippen LogP contribution in [-0.4, -0.2) is 48.3 Å². The first-order valence-electron chi connectivity index (χ1n) is 7.27. The van der Waals surface area contributed by atoms with Gasteiger partial charge < -0.3 is 9.64 Å². The molecule has 1 amide bonds. The molecule has 4 rings (SSSR count). The molecule has 1 aliphatic carbocycles. The van der Waals surface area contributed by atoms with E-state index in [1.54, 1.807) is 29.7 Å². The highest BCUT2D eigenvalue weighted by Crippen LogP contribution is 2.28. The first kappa shape index (κ1) is 14.1. The van der Waals surface area contributed by atoms with Crippen molar-refractivity contribution in [2.24, 2.45) is 0 Å². The monoisotopic (exact) mass is 330 g/mol. The van der Waals surface area contributed by atoms with Crippen LogP contribution in [0.15, 0.2) is 30.0 Å². The summed E-state index contributed by atoms with van der Waals surface area (Å²) in [7, 11) is 0. The first-order chi connectivity index (χ1) is 11.3. The molecule has 0 atom stereocenters. The average Bonchev–Trinajstić information content (AvgIpc) is 3.08. The maximum Gasteiger partial charge on any atom is 0.261 e. The Morgan fingerprint density at radius 1 is 1.43 bits per heavy atom. The smallest absolute Gasteiger partial charge is 0.261 e. The molecule has 23 heavy (non-hydrogen) atoms. The lowest BCUT2D eigenvalue weighted by Crippen LogP contribution is -2.36. The van der Waals surface area contributed by atoms with Gasteiger partial charge in [-0.15, -0.1) is 26.6 Å². The number of carbonyl (C=O) groups is 1. The molecular formula is C14H14N6O2S. The number of hydrogen-bond acceptors (Lipinski definition) is 7. The lowest BCUT2D eigenvalue weighted by Gasteiger charge is -2.21. The number of hydrogen-bond donors (Lipinski definition) is 0. The maximum atomic E-state index is 12.5. The van der Waals surface area contributed by atoms with Crippen molar-refractivity contribution in [3.8, 4) is 5.88 Å². The zero-order chi connectivity index (χ0) is 15.6. The van der Waals surface area contributed by atoms with E-state index in [0.717, 1.165) is 17.8 Å². The minimum absolute atomic E-state index is 0.0392. The lowest BCUT2D eigenvalue weighted by molar-refractivity contribution is -0.134. The third kappa shape index (κ3) is 3.14. The molecular weight excluding hydrogens is 316 g/mol. The van der Waals surface area contributed by atoms with Gasteiger partial charge in [-0.3, -0.25) is 4.79 Å². The fraction of sp³-hybridized carbons (Fsp3) is 0.357. The Bertz CT molecular complexity index is 814. The normalized spacial score (nSPS) is 14.1. The predicted octanol–water partition coefficient (Wildman–Crippen LogP) is 1.15. The predicted molar refractivity (Wildman–Crippen MR) is 82.0 cm³/mol. The number of ether oxygens (including phenoxy) is 1. The average molecular weight is 330 g/mol. The van der Waals surface area contributed by atoms with Gasteiger partial charge in [-0.1, -0.05) is 0 Å². The van der Waals surface area contributed by atoms with Crippen molar-refractivity contribution >= 4 is 22.9 Å². The zero-order valence-corrected chi connectivity index (χ0v) is 13.0. The summed E-state index contributed by atoms with van der Waals surface area (Å²) in [6.07, 6.45) is 5.33. The second-order valence-electron chi connectivity index (χ2n) is 5.27. The maximum absolute atomic E-state index is 12.5. The summed E-state index contributed by atoms with van der Waals surface area (Å²) >= 11 is 1.56. The van der Waals surface area contributed by atoms with Crippen molar-refractivity contribution in [3.05, 3.63) is 35.0 Å². The van der Waals surface area contributed by atoms with Gasteiger partial charge in [0.1, 0.15) is 11.3 Å². The molecule has 1 fully saturated rings. The number of rotatable bonds is 6. The molecule has 0 saturated heterocycles. The minimum Gasteiger partial charge on any atom is -0.467 e. The molecule has 3 aromatic rings. The van der Waals surface area contributed by atoms with E-state index >= 15 is 0 Å². The van der Waals surface area contributed by atoms with Crippen LogP contribution in [0.1, 0.15) is 17.8 Å². The molecule has 3 heterocycles. The van der Waals surface area contributed by atoms with Crippen molar-refractivity contribution < 1.29 is 9.53 Å². The number of carbonyl (C=O) groups excluding carboxylic acids is 1. The molecule has 0 unspecified atom stereocenters. The van der Waals surface area contributed by atoms with Crippen molar-refractivity contribution in [2.45, 2.75) is 25.4 Å². The second-order valence-corrected chi connectivity index (χ2v) is 6.25. The first-order valence-corrected chi connectivity index (χ1v) is 8.15. The molecule has 0 spiro atoms. The Morgan fingerprint density at radius 3 is 3.13 bits per heavy atom. The van der Waals surface area contributed by atoms with Gasteiger partial charge in [0.05, 0.1) is 6.54 Å². The van der Waals surface area contributed by atoms with E-state index in [4.69, 9.17) is 4.74 Å². The van der Waals surface area contributed by atoms with Crippen LogP contribution in [0.3, 0.4) is 0 Å². The lowest BCUT2D eigenvalue weighted by atomic mass is 10.4. The standard InChI is InChI=1S/C14H14N6O2S/c21-14(19(10-1-2-10)7-13-15-5-6-23-13)8-22-12-4-3-11-17-16-9-20(11)18-12/h3-6,9-10H,1-2,7-8H2. The Labute approximate surface area is 135 Å². The van der Waals surface area contributed by atoms with Gasteiger partial charge in [-0.05, 0) is 18.9 Å². The summed E-state index contributed by atoms with van der Waals surface area (Å²) in [5.41, 5.74) is 0.632. The number of aromatic nitrogens is 5. The van der Waals surface area contributed by atoms with Gasteiger partial charge in [0.25, 0.3) is 5.91 Å². The third-order valence-corrected chi connectivity index (χ3v) is 4.34. The van der Waals surface area contributed by atoms with Crippen LogP contribution in [0.5, 0.6) is 5.88 Å². The summed E-state index contributed by atoms with van der Waals surface area (Å²) in [4.78, 5) is 18.5. The number of amides is 1. The van der Waals surface area contributed by atoms with E-state index in [1.807, 2.05) is 10.3 Å². The summed E-state index contributed by atoms with van der Waals surface area (Å²) in [5.74, 6) is 0.323. The van der Waals surface area contributed by atoms with Crippen LogP contribution >= 0.6 is 11.3 Å². The highest BCUT2D eigenvalue weighted by Gasteiger charge is 2.33. The van der Waals surface area contributed by atoms with Crippen LogP contribution < -0.4 is 4.74 Å². The molecule has 0 aromatic carbocycles. The molecule has 0 radical (unpaired) electrons. The molecule has 118 valence electrons. The molecule has 0 bridgehead atoms. The zero-order valence-electron chi connectivity index (χ0n) is 12.2. The summed E-state index contributed by atoms with van der Waals surface area (Å²) in [5, 5.41) is 14.7. The molecule has 0 N–H and O–H groups in total. The van der Waals surface area contributed by atoms with E-state index in [9.17, 15) is 4.79 Å². The molecule has 0 aliphatic heterocycles.